The van der Waals surface area contributed by atoms with Crippen molar-refractivity contribution in [3.63, 3.8) is 0 Å². The summed E-state index contributed by atoms with van der Waals surface area (Å²) in [5.41, 5.74) is 1.08. The van der Waals surface area contributed by atoms with Gasteiger partial charge in [-0.1, -0.05) is 24.3 Å². The summed E-state index contributed by atoms with van der Waals surface area (Å²) in [5.74, 6) is 1.89. The fourth-order valence-electron chi connectivity index (χ4n) is 2.01. The molecular formula is C15H13BrN2O. The summed E-state index contributed by atoms with van der Waals surface area (Å²) in [5, 5.41) is 0. The molecule has 19 heavy (non-hydrogen) atoms. The predicted molar refractivity (Wildman–Crippen MR) is 78.5 cm³/mol. The van der Waals surface area contributed by atoms with Crippen molar-refractivity contribution < 1.29 is 4.74 Å². The maximum Gasteiger partial charge on any atom is 0.132 e. The van der Waals surface area contributed by atoms with Crippen LogP contribution in [0.5, 0.6) is 5.75 Å². The summed E-state index contributed by atoms with van der Waals surface area (Å²) >= 11 is 3.48. The van der Waals surface area contributed by atoms with E-state index in [0.717, 1.165) is 28.1 Å². The van der Waals surface area contributed by atoms with E-state index in [1.165, 1.54) is 0 Å². The number of rotatable bonds is 4. The average molecular weight is 317 g/mol. The molecule has 0 saturated carbocycles. The van der Waals surface area contributed by atoms with Gasteiger partial charge in [-0.3, -0.25) is 0 Å². The highest BCUT2D eigenvalue weighted by molar-refractivity contribution is 9.10. The maximum absolute atomic E-state index is 5.70. The molecule has 0 aliphatic carbocycles. The van der Waals surface area contributed by atoms with E-state index >= 15 is 0 Å². The number of ether oxygens (including phenoxy) is 1. The van der Waals surface area contributed by atoms with Crippen LogP contribution in [0.4, 0.5) is 0 Å². The highest BCUT2D eigenvalue weighted by Crippen LogP contribution is 2.19. The van der Waals surface area contributed by atoms with Gasteiger partial charge < -0.3 is 9.14 Å². The molecule has 4 heteroatoms. The first-order valence-electron chi connectivity index (χ1n) is 6.14. The monoisotopic (exact) mass is 316 g/mol. The van der Waals surface area contributed by atoms with Crippen LogP contribution in [-0.2, 0) is 6.42 Å². The van der Waals surface area contributed by atoms with E-state index in [2.05, 4.69) is 25.3 Å². The molecule has 2 heterocycles. The first-order chi connectivity index (χ1) is 9.34. The molecule has 0 unspecified atom stereocenters. The van der Waals surface area contributed by atoms with E-state index < -0.39 is 0 Å². The van der Waals surface area contributed by atoms with Crippen molar-refractivity contribution in [2.75, 3.05) is 6.61 Å². The number of fused-ring (bicyclic) bond motifs is 1. The van der Waals surface area contributed by atoms with Gasteiger partial charge in [-0.2, -0.15) is 0 Å². The van der Waals surface area contributed by atoms with Crippen LogP contribution in [0.2, 0.25) is 0 Å². The van der Waals surface area contributed by atoms with Crippen molar-refractivity contribution >= 4 is 21.4 Å². The van der Waals surface area contributed by atoms with E-state index in [-0.39, 0.29) is 0 Å². The number of imidazole rings is 1. The summed E-state index contributed by atoms with van der Waals surface area (Å²) in [6.45, 7) is 0.616. The first-order valence-corrected chi connectivity index (χ1v) is 6.93. The van der Waals surface area contributed by atoms with Crippen LogP contribution in [0.1, 0.15) is 5.82 Å². The minimum Gasteiger partial charge on any atom is -0.493 e. The topological polar surface area (TPSA) is 26.5 Å². The molecule has 0 atom stereocenters. The van der Waals surface area contributed by atoms with Gasteiger partial charge in [0.1, 0.15) is 16.2 Å². The lowest BCUT2D eigenvalue weighted by Crippen LogP contribution is -2.04. The second kappa shape index (κ2) is 5.45. The second-order valence-corrected chi connectivity index (χ2v) is 4.94. The molecule has 0 spiro atoms. The fourth-order valence-corrected chi connectivity index (χ4v) is 2.54. The van der Waals surface area contributed by atoms with E-state index in [0.29, 0.717) is 6.61 Å². The highest BCUT2D eigenvalue weighted by atomic mass is 79.9. The Labute approximate surface area is 120 Å². The normalized spacial score (nSPS) is 10.8. The minimum atomic E-state index is 0.616. The van der Waals surface area contributed by atoms with Crippen LogP contribution in [0, 0.1) is 0 Å². The van der Waals surface area contributed by atoms with Crippen molar-refractivity contribution in [3.8, 4) is 5.75 Å². The van der Waals surface area contributed by atoms with E-state index in [1.807, 2.05) is 54.7 Å². The van der Waals surface area contributed by atoms with Gasteiger partial charge in [0.25, 0.3) is 0 Å². The van der Waals surface area contributed by atoms with Crippen LogP contribution in [0.3, 0.4) is 0 Å². The zero-order valence-corrected chi connectivity index (χ0v) is 11.9. The van der Waals surface area contributed by atoms with Gasteiger partial charge in [-0.15, -0.1) is 0 Å². The molecule has 3 rings (SSSR count). The third-order valence-corrected chi connectivity index (χ3v) is 3.50. The summed E-state index contributed by atoms with van der Waals surface area (Å²) < 4.78 is 8.66. The molecule has 0 fully saturated rings. The van der Waals surface area contributed by atoms with Gasteiger partial charge >= 0.3 is 0 Å². The van der Waals surface area contributed by atoms with Gasteiger partial charge in [0.2, 0.25) is 0 Å². The summed E-state index contributed by atoms with van der Waals surface area (Å²) in [6, 6.07) is 15.9. The first kappa shape index (κ1) is 12.2. The van der Waals surface area contributed by atoms with E-state index in [4.69, 9.17) is 4.74 Å². The molecule has 0 amide bonds. The number of benzene rings is 1. The lowest BCUT2D eigenvalue weighted by Gasteiger charge is -2.05. The number of aromatic nitrogens is 2. The smallest absolute Gasteiger partial charge is 0.132 e. The SMILES string of the molecule is Brc1nc(CCOc2ccccc2)n2ccccc12. The minimum absolute atomic E-state index is 0.616. The Morgan fingerprint density at radius 1 is 1.05 bits per heavy atom. The van der Waals surface area contributed by atoms with Crippen LogP contribution in [-0.4, -0.2) is 16.0 Å². The van der Waals surface area contributed by atoms with E-state index in [9.17, 15) is 0 Å². The third-order valence-electron chi connectivity index (χ3n) is 2.91. The molecule has 3 nitrogen and oxygen atoms in total. The Hall–Kier alpha value is -1.81. The largest absolute Gasteiger partial charge is 0.493 e. The van der Waals surface area contributed by atoms with Crippen molar-refractivity contribution in [2.24, 2.45) is 0 Å². The van der Waals surface area contributed by atoms with Crippen molar-refractivity contribution in [1.82, 2.24) is 9.38 Å². The molecule has 0 radical (unpaired) electrons. The molecular weight excluding hydrogens is 304 g/mol. The number of hydrogen-bond donors (Lipinski definition) is 0. The molecule has 2 aromatic heterocycles. The molecule has 0 saturated heterocycles. The molecule has 0 N–H and O–H groups in total. The number of hydrogen-bond acceptors (Lipinski definition) is 2. The third kappa shape index (κ3) is 2.63. The average Bonchev–Trinajstić information content (AvgIpc) is 2.78. The summed E-state index contributed by atoms with van der Waals surface area (Å²) in [7, 11) is 0. The molecule has 1 aromatic carbocycles. The quantitative estimate of drug-likeness (QED) is 0.733. The Kier molecular flexibility index (Phi) is 3.51. The Bertz CT molecular complexity index is 679. The Morgan fingerprint density at radius 2 is 1.84 bits per heavy atom. The summed E-state index contributed by atoms with van der Waals surface area (Å²) in [4.78, 5) is 4.52. The van der Waals surface area contributed by atoms with Crippen molar-refractivity contribution in [2.45, 2.75) is 6.42 Å². The van der Waals surface area contributed by atoms with Crippen molar-refractivity contribution in [3.05, 3.63) is 65.2 Å². The van der Waals surface area contributed by atoms with Crippen LogP contribution >= 0.6 is 15.9 Å². The molecule has 96 valence electrons. The van der Waals surface area contributed by atoms with Gasteiger partial charge in [-0.05, 0) is 40.2 Å². The van der Waals surface area contributed by atoms with Gasteiger partial charge in [0, 0.05) is 12.6 Å². The zero-order chi connectivity index (χ0) is 13.1. The van der Waals surface area contributed by atoms with Gasteiger partial charge in [-0.25, -0.2) is 4.98 Å². The Balaban J connectivity index is 1.72. The van der Waals surface area contributed by atoms with Crippen LogP contribution in [0.15, 0.2) is 59.3 Å². The van der Waals surface area contributed by atoms with E-state index in [1.54, 1.807) is 0 Å². The number of para-hydroxylation sites is 1. The number of pyridine rings is 1. The van der Waals surface area contributed by atoms with Crippen LogP contribution < -0.4 is 4.74 Å². The summed E-state index contributed by atoms with van der Waals surface area (Å²) in [6.07, 6.45) is 2.79. The molecule has 3 aromatic rings. The predicted octanol–water partition coefficient (Wildman–Crippen LogP) is 3.72. The van der Waals surface area contributed by atoms with Crippen molar-refractivity contribution in [1.29, 1.82) is 0 Å². The standard InChI is InChI=1S/C15H13BrN2O/c16-15-13-8-4-5-10-18(13)14(17-15)9-11-19-12-6-2-1-3-7-12/h1-8,10H,9,11H2. The maximum atomic E-state index is 5.70. The second-order valence-electron chi connectivity index (χ2n) is 4.19. The van der Waals surface area contributed by atoms with Crippen LogP contribution in [0.25, 0.3) is 5.52 Å². The lowest BCUT2D eigenvalue weighted by atomic mass is 10.3. The molecule has 0 aliphatic rings. The zero-order valence-electron chi connectivity index (χ0n) is 10.3. The Morgan fingerprint density at radius 3 is 2.68 bits per heavy atom. The fraction of sp³-hybridized carbons (Fsp3) is 0.133. The number of halogens is 1. The van der Waals surface area contributed by atoms with Gasteiger partial charge in [0.05, 0.1) is 12.1 Å². The molecule has 0 aliphatic heterocycles. The highest BCUT2D eigenvalue weighted by Gasteiger charge is 2.07. The van der Waals surface area contributed by atoms with Gasteiger partial charge in [0.15, 0.2) is 0 Å². The molecule has 0 bridgehead atoms. The lowest BCUT2D eigenvalue weighted by molar-refractivity contribution is 0.318. The number of nitrogens with zero attached hydrogens (tertiary/aromatic N) is 2.